The molecule has 11 nitrogen and oxygen atoms in total. The largest absolute Gasteiger partial charge is 0.490 e. The van der Waals surface area contributed by atoms with Crippen molar-refractivity contribution in [3.05, 3.63) is 109 Å². The van der Waals surface area contributed by atoms with Gasteiger partial charge in [0.05, 0.1) is 35.1 Å². The van der Waals surface area contributed by atoms with Gasteiger partial charge in [-0.15, -0.1) is 0 Å². The Morgan fingerprint density at radius 1 is 1.04 bits per heavy atom. The molecule has 6 rings (SSSR count). The molecular weight excluding hydrogens is 721 g/mol. The van der Waals surface area contributed by atoms with E-state index in [4.69, 9.17) is 26.8 Å². The molecule has 1 aliphatic carbocycles. The summed E-state index contributed by atoms with van der Waals surface area (Å²) in [5.74, 6) is -1.62. The van der Waals surface area contributed by atoms with Gasteiger partial charge in [-0.05, 0) is 98.1 Å². The first-order chi connectivity index (χ1) is 23.2. The number of primary amides is 1. The third-order valence-corrected chi connectivity index (χ3v) is 9.75. The highest BCUT2D eigenvalue weighted by Gasteiger charge is 2.33. The molecule has 1 aliphatic heterocycles. The van der Waals surface area contributed by atoms with Gasteiger partial charge in [-0.1, -0.05) is 17.7 Å². The van der Waals surface area contributed by atoms with Gasteiger partial charge < -0.3 is 25.4 Å². The van der Waals surface area contributed by atoms with Crippen molar-refractivity contribution in [1.82, 2.24) is 19.4 Å². The van der Waals surface area contributed by atoms with E-state index in [9.17, 15) is 19.2 Å². The highest BCUT2D eigenvalue weighted by atomic mass is 79.9. The molecule has 1 aromatic heterocycles. The van der Waals surface area contributed by atoms with Crippen LogP contribution in [0, 0.1) is 5.82 Å². The second-order valence-electron chi connectivity index (χ2n) is 12.6. The number of carbonyl (C=O) groups is 3. The first-order valence-corrected chi connectivity index (χ1v) is 16.9. The molecule has 2 heterocycles. The highest BCUT2D eigenvalue weighted by Crippen LogP contribution is 2.30. The predicted molar refractivity (Wildman–Crippen MR) is 184 cm³/mol. The van der Waals surface area contributed by atoms with Crippen LogP contribution in [0.4, 0.5) is 4.39 Å². The Morgan fingerprint density at radius 3 is 2.37 bits per heavy atom. The summed E-state index contributed by atoms with van der Waals surface area (Å²) >= 11 is 9.60. The van der Waals surface area contributed by atoms with Gasteiger partial charge in [0.1, 0.15) is 23.0 Å². The number of rotatable bonds is 10. The lowest BCUT2D eigenvalue weighted by atomic mass is 10.1. The summed E-state index contributed by atoms with van der Waals surface area (Å²) in [6, 6.07) is 14.9. The Morgan fingerprint density at radius 2 is 1.73 bits per heavy atom. The maximum Gasteiger partial charge on any atom is 0.333 e. The molecule has 3 aromatic carbocycles. The Bertz CT molecular complexity index is 2020. The van der Waals surface area contributed by atoms with Crippen LogP contribution in [-0.2, 0) is 17.9 Å². The zero-order chi connectivity index (χ0) is 35.2. The van der Waals surface area contributed by atoms with Crippen molar-refractivity contribution in [2.24, 2.45) is 5.73 Å². The van der Waals surface area contributed by atoms with Crippen molar-refractivity contribution in [2.45, 2.75) is 64.4 Å². The number of benzene rings is 3. The molecule has 14 heteroatoms. The number of hydrogen-bond acceptors (Lipinski definition) is 6. The molecule has 3 N–H and O–H groups in total. The van der Waals surface area contributed by atoms with Crippen LogP contribution < -0.4 is 26.2 Å². The first kappa shape index (κ1) is 34.3. The summed E-state index contributed by atoms with van der Waals surface area (Å²) in [6.07, 6.45) is 2.15. The molecule has 1 fully saturated rings. The summed E-state index contributed by atoms with van der Waals surface area (Å²) in [5.41, 5.74) is 4.83. The topological polar surface area (TPSA) is 138 Å². The number of aromatic nitrogens is 2. The number of carbonyl (C=O) groups excluding carboxylic acids is 3. The fourth-order valence-corrected chi connectivity index (χ4v) is 6.01. The van der Waals surface area contributed by atoms with E-state index >= 15 is 4.39 Å². The molecule has 49 heavy (non-hydrogen) atoms. The molecule has 4 aromatic rings. The Hall–Kier alpha value is -4.62. The van der Waals surface area contributed by atoms with Crippen LogP contribution in [0.1, 0.15) is 71.8 Å². The predicted octanol–water partition coefficient (Wildman–Crippen LogP) is 5.52. The molecule has 0 spiro atoms. The molecule has 0 bridgehead atoms. The van der Waals surface area contributed by atoms with Gasteiger partial charge in [-0.25, -0.2) is 9.18 Å². The number of imidazole rings is 1. The minimum absolute atomic E-state index is 0.0163. The van der Waals surface area contributed by atoms with E-state index in [2.05, 4.69) is 21.2 Å². The summed E-state index contributed by atoms with van der Waals surface area (Å²) in [5, 5.41) is 3.20. The Balaban J connectivity index is 1.33. The van der Waals surface area contributed by atoms with E-state index in [1.54, 1.807) is 54.3 Å². The third kappa shape index (κ3) is 7.09. The summed E-state index contributed by atoms with van der Waals surface area (Å²) in [6.45, 7) is 4.88. The monoisotopic (exact) mass is 753 g/mol. The Kier molecular flexibility index (Phi) is 9.34. The van der Waals surface area contributed by atoms with Crippen LogP contribution in [0.25, 0.3) is 5.69 Å². The van der Waals surface area contributed by atoms with Crippen LogP contribution in [0.3, 0.4) is 0 Å². The molecule has 2 aliphatic rings. The first-order valence-electron chi connectivity index (χ1n) is 15.7. The molecule has 3 amide bonds. The van der Waals surface area contributed by atoms with Crippen molar-refractivity contribution in [1.29, 1.82) is 0 Å². The smallest absolute Gasteiger partial charge is 0.333 e. The molecular formula is C35H34BrClFN5O6. The molecule has 256 valence electrons. The molecule has 1 unspecified atom stereocenters. The van der Waals surface area contributed by atoms with Crippen LogP contribution in [0.2, 0.25) is 5.02 Å². The second kappa shape index (κ2) is 13.4. The average molecular weight is 755 g/mol. The van der Waals surface area contributed by atoms with Crippen molar-refractivity contribution >= 4 is 45.3 Å². The van der Waals surface area contributed by atoms with Crippen molar-refractivity contribution in [3.63, 3.8) is 0 Å². The maximum atomic E-state index is 15.4. The van der Waals surface area contributed by atoms with Crippen molar-refractivity contribution in [3.8, 4) is 17.2 Å². The van der Waals surface area contributed by atoms with E-state index in [1.165, 1.54) is 35.1 Å². The zero-order valence-corrected chi connectivity index (χ0v) is 29.3. The van der Waals surface area contributed by atoms with Crippen molar-refractivity contribution in [2.75, 3.05) is 6.54 Å². The Labute approximate surface area is 294 Å². The summed E-state index contributed by atoms with van der Waals surface area (Å²) < 4.78 is 30.2. The van der Waals surface area contributed by atoms with Gasteiger partial charge in [0.15, 0.2) is 5.60 Å². The number of nitrogens with one attached hydrogen (secondary N) is 1. The average Bonchev–Trinajstić information content (AvgIpc) is 3.83. The van der Waals surface area contributed by atoms with Gasteiger partial charge in [-0.2, -0.15) is 0 Å². The lowest BCUT2D eigenvalue weighted by molar-refractivity contribution is -0.130. The zero-order valence-electron chi connectivity index (χ0n) is 27.0. The second-order valence-corrected chi connectivity index (χ2v) is 13.8. The molecule has 0 saturated heterocycles. The maximum absolute atomic E-state index is 15.4. The molecule has 1 saturated carbocycles. The van der Waals surface area contributed by atoms with Gasteiger partial charge in [0, 0.05) is 34.8 Å². The van der Waals surface area contributed by atoms with Gasteiger partial charge in [-0.3, -0.25) is 23.5 Å². The van der Waals surface area contributed by atoms with E-state index in [1.807, 2.05) is 0 Å². The number of ether oxygens (including phenoxy) is 2. The van der Waals surface area contributed by atoms with Gasteiger partial charge >= 0.3 is 5.69 Å². The number of hydrogen-bond donors (Lipinski definition) is 2. The fraction of sp³-hybridized carbons (Fsp3) is 0.314. The van der Waals surface area contributed by atoms with Crippen LogP contribution in [-0.4, -0.2) is 50.0 Å². The van der Waals surface area contributed by atoms with Crippen LogP contribution >= 0.6 is 27.5 Å². The highest BCUT2D eigenvalue weighted by molar-refractivity contribution is 9.10. The lowest BCUT2D eigenvalue weighted by Crippen LogP contribution is -2.43. The van der Waals surface area contributed by atoms with Crippen molar-refractivity contribution < 1.29 is 28.2 Å². The normalized spacial score (nSPS) is 14.9. The summed E-state index contributed by atoms with van der Waals surface area (Å²) in [7, 11) is 0. The number of fused-ring (bicyclic) bond motifs is 1. The number of amides is 3. The SMILES string of the molecule is CC(NC(=O)c1c2n(c(=O)n1-c1ccc(OC3CC3)cc1)CCN(C(=O)c1ccc(Br)c(Cl)c1)C2)c1ccc(OC(C)(C)C(N)=O)cc1F. The number of halogens is 3. The van der Waals surface area contributed by atoms with E-state index < -0.39 is 35.0 Å². The number of nitrogens with two attached hydrogens (primary N) is 1. The van der Waals surface area contributed by atoms with Gasteiger partial charge in [0.2, 0.25) is 0 Å². The lowest BCUT2D eigenvalue weighted by Gasteiger charge is -2.28. The summed E-state index contributed by atoms with van der Waals surface area (Å²) in [4.78, 5) is 54.9. The van der Waals surface area contributed by atoms with Gasteiger partial charge in [0.25, 0.3) is 17.7 Å². The van der Waals surface area contributed by atoms with E-state index in [0.29, 0.717) is 32.2 Å². The standard InChI is InChI=1S/C35H34BrClFN5O6/c1-19(25-12-11-24(17-28(25)38)49-35(2,3)33(39)46)40-31(44)30-29-18-41(32(45)20-4-13-26(36)27(37)16-20)14-15-42(29)34(47)43(30)21-5-7-22(8-6-21)48-23-9-10-23/h4-8,11-13,16-17,19,23H,9-10,14-15,18H2,1-3H3,(H2,39,46)(H,40,44). The fourth-order valence-electron chi connectivity index (χ4n) is 5.58. The number of nitrogens with zero attached hydrogens (tertiary/aromatic N) is 3. The third-order valence-electron chi connectivity index (χ3n) is 8.52. The molecule has 1 atom stereocenters. The van der Waals surface area contributed by atoms with Crippen LogP contribution in [0.15, 0.2) is 69.9 Å². The van der Waals surface area contributed by atoms with E-state index in [0.717, 1.165) is 18.9 Å². The quantitative estimate of drug-likeness (QED) is 0.219. The van der Waals surface area contributed by atoms with E-state index in [-0.39, 0.29) is 48.7 Å². The molecule has 0 radical (unpaired) electrons. The van der Waals surface area contributed by atoms with Crippen LogP contribution in [0.5, 0.6) is 11.5 Å². The minimum Gasteiger partial charge on any atom is -0.490 e. The minimum atomic E-state index is -1.37.